The van der Waals surface area contributed by atoms with Crippen molar-refractivity contribution in [2.45, 2.75) is 48.0 Å². The van der Waals surface area contributed by atoms with Gasteiger partial charge in [0.25, 0.3) is 0 Å². The van der Waals surface area contributed by atoms with Crippen molar-refractivity contribution in [3.8, 4) is 0 Å². The molecule has 5 rings (SSSR count). The van der Waals surface area contributed by atoms with Crippen LogP contribution in [0.2, 0.25) is 0 Å². The summed E-state index contributed by atoms with van der Waals surface area (Å²) in [6, 6.07) is 14.2. The molecule has 0 N–H and O–H groups in total. The van der Waals surface area contributed by atoms with Crippen molar-refractivity contribution in [2.75, 3.05) is 0 Å². The number of aryl methyl sites for hydroxylation is 6. The number of benzene rings is 5. The molecule has 27 heavy (non-hydrogen) atoms. The maximum atomic E-state index is 2.38. The smallest absolute Gasteiger partial charge is 0.00157 e. The van der Waals surface area contributed by atoms with Crippen LogP contribution in [0.25, 0.3) is 43.1 Å². The van der Waals surface area contributed by atoms with Gasteiger partial charge in [-0.1, -0.05) is 43.3 Å². The molecule has 0 aliphatic carbocycles. The first-order chi connectivity index (χ1) is 12.9. The second-order valence-electron chi connectivity index (χ2n) is 8.33. The molecule has 0 saturated carbocycles. The highest BCUT2D eigenvalue weighted by atomic mass is 14.2. The molecule has 0 heteroatoms. The van der Waals surface area contributed by atoms with Gasteiger partial charge in [-0.05, 0) is 118 Å². The van der Waals surface area contributed by atoms with Crippen LogP contribution in [-0.2, 0) is 6.42 Å². The molecule has 0 fully saturated rings. The first-order valence-electron chi connectivity index (χ1n) is 10.0. The fraction of sp³-hybridized carbons (Fsp3) is 0.259. The zero-order valence-electron chi connectivity index (χ0n) is 17.2. The van der Waals surface area contributed by atoms with E-state index in [0.717, 1.165) is 6.42 Å². The molecule has 0 nitrogen and oxygen atoms in total. The summed E-state index contributed by atoms with van der Waals surface area (Å²) in [5, 5.41) is 11.6. The lowest BCUT2D eigenvalue weighted by Gasteiger charge is -2.22. The summed E-state index contributed by atoms with van der Waals surface area (Å²) in [6.07, 6.45) is 1.07. The van der Waals surface area contributed by atoms with Crippen molar-refractivity contribution < 1.29 is 0 Å². The van der Waals surface area contributed by atoms with Crippen molar-refractivity contribution in [2.24, 2.45) is 0 Å². The van der Waals surface area contributed by atoms with Gasteiger partial charge in [-0.3, -0.25) is 0 Å². The Labute approximate surface area is 161 Å². The average molecular weight is 351 g/mol. The molecule has 0 amide bonds. The second-order valence-corrected chi connectivity index (χ2v) is 8.33. The van der Waals surface area contributed by atoms with E-state index in [1.807, 2.05) is 0 Å². The highest BCUT2D eigenvalue weighted by molar-refractivity contribution is 6.35. The summed E-state index contributed by atoms with van der Waals surface area (Å²) in [6.45, 7) is 13.6. The molecule has 134 valence electrons. The van der Waals surface area contributed by atoms with Crippen LogP contribution in [0.4, 0.5) is 0 Å². The lowest BCUT2D eigenvalue weighted by atomic mass is 9.82. The third-order valence-corrected chi connectivity index (χ3v) is 6.57. The average Bonchev–Trinajstić information content (AvgIpc) is 2.62. The van der Waals surface area contributed by atoms with Gasteiger partial charge in [-0.15, -0.1) is 0 Å². The molecule has 0 aliphatic heterocycles. The lowest BCUT2D eigenvalue weighted by Crippen LogP contribution is -1.97. The molecular formula is C27H26. The predicted octanol–water partition coefficient (Wildman–Crippen LogP) is 7.84. The van der Waals surface area contributed by atoms with Crippen LogP contribution in [0.3, 0.4) is 0 Å². The van der Waals surface area contributed by atoms with Crippen molar-refractivity contribution >= 4 is 43.1 Å². The van der Waals surface area contributed by atoms with E-state index in [9.17, 15) is 0 Å². The monoisotopic (exact) mass is 350 g/mol. The minimum Gasteiger partial charge on any atom is -0.0613 e. The van der Waals surface area contributed by atoms with Gasteiger partial charge in [-0.2, -0.15) is 0 Å². The van der Waals surface area contributed by atoms with Gasteiger partial charge in [-0.25, -0.2) is 0 Å². The van der Waals surface area contributed by atoms with Gasteiger partial charge >= 0.3 is 0 Å². The largest absolute Gasteiger partial charge is 0.0613 e. The van der Waals surface area contributed by atoms with E-state index in [2.05, 4.69) is 77.9 Å². The molecule has 5 aromatic rings. The maximum absolute atomic E-state index is 2.38. The standard InChI is InChI=1S/C27H26/c1-7-19-9-11-21-25-18(6)13-16(4)22-15(3)12-17(5)24(27(22)25)20-10-8-14(2)23(19)26(20)21/h8-13H,7H2,1-6H3. The summed E-state index contributed by atoms with van der Waals surface area (Å²) in [4.78, 5) is 0. The fourth-order valence-electron chi connectivity index (χ4n) is 5.57. The topological polar surface area (TPSA) is 0 Å². The Kier molecular flexibility index (Phi) is 3.35. The number of fused-ring (bicyclic) bond motifs is 2. The van der Waals surface area contributed by atoms with Crippen LogP contribution in [0.1, 0.15) is 40.3 Å². The molecule has 0 bridgehead atoms. The quantitative estimate of drug-likeness (QED) is 0.213. The zero-order chi connectivity index (χ0) is 19.0. The molecular weight excluding hydrogens is 324 g/mol. The Hall–Kier alpha value is -2.60. The molecule has 5 aromatic carbocycles. The molecule has 0 aliphatic rings. The molecule has 0 heterocycles. The first kappa shape index (κ1) is 16.6. The highest BCUT2D eigenvalue weighted by Gasteiger charge is 2.19. The van der Waals surface area contributed by atoms with E-state index >= 15 is 0 Å². The molecule has 0 aromatic heterocycles. The van der Waals surface area contributed by atoms with Crippen molar-refractivity contribution in [3.63, 3.8) is 0 Å². The Morgan fingerprint density at radius 2 is 1.00 bits per heavy atom. The number of rotatable bonds is 1. The van der Waals surface area contributed by atoms with Gasteiger partial charge in [0.2, 0.25) is 0 Å². The zero-order valence-corrected chi connectivity index (χ0v) is 17.2. The van der Waals surface area contributed by atoms with Crippen LogP contribution in [-0.4, -0.2) is 0 Å². The summed E-state index contributed by atoms with van der Waals surface area (Å²) in [5.41, 5.74) is 8.42. The third kappa shape index (κ3) is 1.99. The van der Waals surface area contributed by atoms with Crippen molar-refractivity contribution in [3.05, 3.63) is 69.8 Å². The van der Waals surface area contributed by atoms with Crippen molar-refractivity contribution in [1.82, 2.24) is 0 Å². The van der Waals surface area contributed by atoms with Crippen molar-refractivity contribution in [1.29, 1.82) is 0 Å². The van der Waals surface area contributed by atoms with Gasteiger partial charge in [0, 0.05) is 0 Å². The Bertz CT molecular complexity index is 1320. The number of hydrogen-bond acceptors (Lipinski definition) is 0. The Morgan fingerprint density at radius 3 is 1.56 bits per heavy atom. The SMILES string of the molecule is CCc1ccc2c3c(C)cc(C)c4c(C)cc(C)c(c5ccc(C)c1c52)c43. The first-order valence-corrected chi connectivity index (χ1v) is 10.0. The summed E-state index contributed by atoms with van der Waals surface area (Å²) in [5.74, 6) is 0. The molecule has 0 unspecified atom stereocenters. The van der Waals surface area contributed by atoms with Gasteiger partial charge in [0.15, 0.2) is 0 Å². The molecule has 0 saturated heterocycles. The molecule has 0 radical (unpaired) electrons. The van der Waals surface area contributed by atoms with Gasteiger partial charge < -0.3 is 0 Å². The lowest BCUT2D eigenvalue weighted by molar-refractivity contribution is 1.16. The summed E-state index contributed by atoms with van der Waals surface area (Å²) in [7, 11) is 0. The van der Waals surface area contributed by atoms with Crippen LogP contribution < -0.4 is 0 Å². The minimum atomic E-state index is 1.07. The Balaban J connectivity index is 2.28. The van der Waals surface area contributed by atoms with E-state index < -0.39 is 0 Å². The van der Waals surface area contributed by atoms with E-state index in [1.54, 1.807) is 0 Å². The second kappa shape index (κ2) is 5.45. The maximum Gasteiger partial charge on any atom is -0.00157 e. The predicted molar refractivity (Wildman–Crippen MR) is 121 cm³/mol. The Morgan fingerprint density at radius 1 is 0.481 bits per heavy atom. The summed E-state index contributed by atoms with van der Waals surface area (Å²) < 4.78 is 0. The van der Waals surface area contributed by atoms with Gasteiger partial charge in [0.1, 0.15) is 0 Å². The summed E-state index contributed by atoms with van der Waals surface area (Å²) >= 11 is 0. The van der Waals surface area contributed by atoms with Crippen LogP contribution in [0.15, 0.2) is 36.4 Å². The van der Waals surface area contributed by atoms with E-state index in [0.29, 0.717) is 0 Å². The normalized spacial score (nSPS) is 12.2. The van der Waals surface area contributed by atoms with Crippen LogP contribution in [0, 0.1) is 34.6 Å². The van der Waals surface area contributed by atoms with Crippen LogP contribution >= 0.6 is 0 Å². The highest BCUT2D eigenvalue weighted by Crippen LogP contribution is 2.45. The van der Waals surface area contributed by atoms with E-state index in [1.165, 1.54) is 76.5 Å². The van der Waals surface area contributed by atoms with Gasteiger partial charge in [0.05, 0.1) is 0 Å². The number of hydrogen-bond donors (Lipinski definition) is 0. The fourth-order valence-corrected chi connectivity index (χ4v) is 5.57. The van der Waals surface area contributed by atoms with E-state index in [-0.39, 0.29) is 0 Å². The molecule has 0 spiro atoms. The van der Waals surface area contributed by atoms with E-state index in [4.69, 9.17) is 0 Å². The third-order valence-electron chi connectivity index (χ3n) is 6.57. The minimum absolute atomic E-state index is 1.07. The molecule has 0 atom stereocenters. The van der Waals surface area contributed by atoms with Crippen LogP contribution in [0.5, 0.6) is 0 Å².